The molecule has 0 aromatic heterocycles. The van der Waals surface area contributed by atoms with Crippen molar-refractivity contribution in [3.63, 3.8) is 0 Å². The predicted molar refractivity (Wildman–Crippen MR) is 69.9 cm³/mol. The van der Waals surface area contributed by atoms with Crippen LogP contribution in [0.5, 0.6) is 0 Å². The van der Waals surface area contributed by atoms with Crippen LogP contribution in [0.25, 0.3) is 0 Å². The quantitative estimate of drug-likeness (QED) is 0.870. The molecule has 6 heteroatoms. The minimum Gasteiger partial charge on any atom is -0.392 e. The molecule has 1 aromatic carbocycles. The molecule has 0 heterocycles. The van der Waals surface area contributed by atoms with Gasteiger partial charge < -0.3 is 5.11 Å². The van der Waals surface area contributed by atoms with Gasteiger partial charge in [0.25, 0.3) is 0 Å². The number of rotatable bonds is 5. The Bertz CT molecular complexity index is 552. The van der Waals surface area contributed by atoms with E-state index in [1.165, 1.54) is 18.2 Å². The van der Waals surface area contributed by atoms with Gasteiger partial charge in [0.2, 0.25) is 10.0 Å². The number of aliphatic hydroxyl groups excluding tert-OH is 1. The average Bonchev–Trinajstić information content (AvgIpc) is 3.06. The summed E-state index contributed by atoms with van der Waals surface area (Å²) in [6.45, 7) is 2.23. The Morgan fingerprint density at radius 2 is 2.11 bits per heavy atom. The van der Waals surface area contributed by atoms with Gasteiger partial charge in [-0.3, -0.25) is 0 Å². The van der Waals surface area contributed by atoms with E-state index in [0.29, 0.717) is 17.1 Å². The van der Waals surface area contributed by atoms with Gasteiger partial charge in [0.05, 0.1) is 11.5 Å². The molecule has 2 N–H and O–H groups in total. The molecule has 0 radical (unpaired) electrons. The monoisotopic (exact) mass is 289 g/mol. The molecular weight excluding hydrogens is 274 g/mol. The third-order valence-electron chi connectivity index (χ3n) is 3.29. The highest BCUT2D eigenvalue weighted by molar-refractivity contribution is 7.89. The van der Waals surface area contributed by atoms with E-state index in [0.717, 1.165) is 12.8 Å². The van der Waals surface area contributed by atoms with E-state index in [9.17, 15) is 8.42 Å². The maximum atomic E-state index is 12.1. The SMILES string of the molecule is CC1(CNS(=O)(=O)c2ccc(Cl)c(CO)c2)CC1. The van der Waals surface area contributed by atoms with Crippen LogP contribution < -0.4 is 4.72 Å². The van der Waals surface area contributed by atoms with Crippen LogP contribution in [0, 0.1) is 5.41 Å². The van der Waals surface area contributed by atoms with Crippen molar-refractivity contribution in [1.82, 2.24) is 4.72 Å². The lowest BCUT2D eigenvalue weighted by Gasteiger charge is -2.11. The lowest BCUT2D eigenvalue weighted by Crippen LogP contribution is -2.29. The van der Waals surface area contributed by atoms with E-state index in [2.05, 4.69) is 11.6 Å². The van der Waals surface area contributed by atoms with E-state index in [1.807, 2.05) is 0 Å². The summed E-state index contributed by atoms with van der Waals surface area (Å²) in [7, 11) is -3.52. The summed E-state index contributed by atoms with van der Waals surface area (Å²) in [5, 5.41) is 9.44. The van der Waals surface area contributed by atoms with Crippen LogP contribution in [0.15, 0.2) is 23.1 Å². The maximum absolute atomic E-state index is 12.1. The van der Waals surface area contributed by atoms with Crippen molar-refractivity contribution in [2.45, 2.75) is 31.3 Å². The average molecular weight is 290 g/mol. The van der Waals surface area contributed by atoms with Crippen LogP contribution in [-0.4, -0.2) is 20.1 Å². The Morgan fingerprint density at radius 3 is 2.67 bits per heavy atom. The van der Waals surface area contributed by atoms with Crippen LogP contribution in [0.1, 0.15) is 25.3 Å². The van der Waals surface area contributed by atoms with E-state index in [-0.39, 0.29) is 16.9 Å². The molecular formula is C12H16ClNO3S. The minimum absolute atomic E-state index is 0.110. The smallest absolute Gasteiger partial charge is 0.240 e. The number of benzene rings is 1. The molecule has 100 valence electrons. The molecule has 0 atom stereocenters. The number of hydrogen-bond acceptors (Lipinski definition) is 3. The lowest BCUT2D eigenvalue weighted by molar-refractivity contribution is 0.281. The highest BCUT2D eigenvalue weighted by atomic mass is 35.5. The Labute approximate surface area is 112 Å². The van der Waals surface area contributed by atoms with Crippen molar-refractivity contribution in [2.75, 3.05) is 6.54 Å². The van der Waals surface area contributed by atoms with Crippen LogP contribution >= 0.6 is 11.6 Å². The van der Waals surface area contributed by atoms with E-state index in [4.69, 9.17) is 16.7 Å². The number of hydrogen-bond donors (Lipinski definition) is 2. The molecule has 4 nitrogen and oxygen atoms in total. The summed E-state index contributed by atoms with van der Waals surface area (Å²) in [6.07, 6.45) is 2.11. The minimum atomic E-state index is -3.52. The molecule has 0 spiro atoms. The summed E-state index contributed by atoms with van der Waals surface area (Å²) in [6, 6.07) is 4.33. The highest BCUT2D eigenvalue weighted by Gasteiger charge is 2.38. The van der Waals surface area contributed by atoms with Crippen LogP contribution in [0.4, 0.5) is 0 Å². The van der Waals surface area contributed by atoms with Crippen molar-refractivity contribution in [3.8, 4) is 0 Å². The van der Waals surface area contributed by atoms with Gasteiger partial charge in [0.1, 0.15) is 0 Å². The Morgan fingerprint density at radius 1 is 1.44 bits per heavy atom. The number of sulfonamides is 1. The molecule has 0 amide bonds. The van der Waals surface area contributed by atoms with E-state index in [1.54, 1.807) is 0 Å². The second-order valence-corrected chi connectivity index (χ2v) is 7.22. The fourth-order valence-corrected chi connectivity index (χ4v) is 3.01. The topological polar surface area (TPSA) is 66.4 Å². The molecule has 1 fully saturated rings. The first kappa shape index (κ1) is 13.8. The Hall–Kier alpha value is -0.620. The van der Waals surface area contributed by atoms with Gasteiger partial charge in [-0.05, 0) is 42.0 Å². The van der Waals surface area contributed by atoms with Crippen LogP contribution in [0.2, 0.25) is 5.02 Å². The fraction of sp³-hybridized carbons (Fsp3) is 0.500. The summed E-state index contributed by atoms with van der Waals surface area (Å²) < 4.78 is 26.7. The second-order valence-electron chi connectivity index (χ2n) is 5.05. The summed E-state index contributed by atoms with van der Waals surface area (Å²) in [5.41, 5.74) is 0.524. The van der Waals surface area contributed by atoms with Crippen molar-refractivity contribution in [2.24, 2.45) is 5.41 Å². The number of aliphatic hydroxyl groups is 1. The molecule has 0 saturated heterocycles. The van der Waals surface area contributed by atoms with Crippen LogP contribution in [0.3, 0.4) is 0 Å². The Balaban J connectivity index is 2.18. The van der Waals surface area contributed by atoms with Crippen molar-refractivity contribution in [1.29, 1.82) is 0 Å². The molecule has 1 aromatic rings. The van der Waals surface area contributed by atoms with Gasteiger partial charge in [0.15, 0.2) is 0 Å². The first-order chi connectivity index (χ1) is 8.36. The van der Waals surface area contributed by atoms with Gasteiger partial charge in [-0.25, -0.2) is 13.1 Å². The van der Waals surface area contributed by atoms with Crippen LogP contribution in [-0.2, 0) is 16.6 Å². The predicted octanol–water partition coefficient (Wildman–Crippen LogP) is 1.91. The molecule has 0 unspecified atom stereocenters. The summed E-state index contributed by atoms with van der Waals surface area (Å²) in [5.74, 6) is 0. The second kappa shape index (κ2) is 4.81. The maximum Gasteiger partial charge on any atom is 0.240 e. The van der Waals surface area contributed by atoms with E-state index < -0.39 is 10.0 Å². The number of halogens is 1. The first-order valence-corrected chi connectivity index (χ1v) is 7.61. The summed E-state index contributed by atoms with van der Waals surface area (Å²) in [4.78, 5) is 0.139. The molecule has 0 bridgehead atoms. The molecule has 0 aliphatic heterocycles. The highest BCUT2D eigenvalue weighted by Crippen LogP contribution is 2.44. The molecule has 18 heavy (non-hydrogen) atoms. The Kier molecular flexibility index (Phi) is 3.69. The van der Waals surface area contributed by atoms with Crippen molar-refractivity contribution < 1.29 is 13.5 Å². The molecule has 1 aliphatic rings. The number of nitrogens with one attached hydrogen (secondary N) is 1. The van der Waals surface area contributed by atoms with Crippen molar-refractivity contribution in [3.05, 3.63) is 28.8 Å². The fourth-order valence-electron chi connectivity index (χ4n) is 1.58. The van der Waals surface area contributed by atoms with Gasteiger partial charge >= 0.3 is 0 Å². The molecule has 2 rings (SSSR count). The zero-order valence-electron chi connectivity index (χ0n) is 10.1. The van der Waals surface area contributed by atoms with E-state index >= 15 is 0 Å². The summed E-state index contributed by atoms with van der Waals surface area (Å²) >= 11 is 5.83. The molecule has 1 saturated carbocycles. The van der Waals surface area contributed by atoms with Gasteiger partial charge in [0, 0.05) is 11.6 Å². The van der Waals surface area contributed by atoms with Gasteiger partial charge in [-0.1, -0.05) is 18.5 Å². The van der Waals surface area contributed by atoms with Gasteiger partial charge in [-0.15, -0.1) is 0 Å². The third-order valence-corrected chi connectivity index (χ3v) is 5.06. The standard InChI is InChI=1S/C12H16ClNO3S/c1-12(4-5-12)8-14-18(16,17)10-2-3-11(13)9(6-10)7-15/h2-3,6,14-15H,4-5,7-8H2,1H3. The first-order valence-electron chi connectivity index (χ1n) is 5.75. The van der Waals surface area contributed by atoms with Crippen molar-refractivity contribution >= 4 is 21.6 Å². The lowest BCUT2D eigenvalue weighted by atomic mass is 10.2. The zero-order chi connectivity index (χ0) is 13.4. The zero-order valence-corrected chi connectivity index (χ0v) is 11.7. The largest absolute Gasteiger partial charge is 0.392 e. The normalized spacial score (nSPS) is 17.7. The third kappa shape index (κ3) is 3.03. The van der Waals surface area contributed by atoms with Gasteiger partial charge in [-0.2, -0.15) is 0 Å². The molecule has 1 aliphatic carbocycles.